The smallest absolute Gasteiger partial charge is 0.275 e. The van der Waals surface area contributed by atoms with E-state index in [2.05, 4.69) is 26.5 Å². The molecule has 0 unspecified atom stereocenters. The number of phenols is 2. The number of phenolic OH excluding ortho intramolecular Hbond substituents is 2. The Morgan fingerprint density at radius 1 is 1.16 bits per heavy atom. The normalized spacial score (nSPS) is 11.7. The second-order valence-electron chi connectivity index (χ2n) is 5.63. The predicted octanol–water partition coefficient (Wildman–Crippen LogP) is 3.51. The highest BCUT2D eigenvalue weighted by molar-refractivity contribution is 9.10. The van der Waals surface area contributed by atoms with Gasteiger partial charge in [0.2, 0.25) is 0 Å². The average Bonchev–Trinajstić information content (AvgIpc) is 2.90. The number of fused-ring (bicyclic) bond motifs is 1. The van der Waals surface area contributed by atoms with E-state index < -0.39 is 5.91 Å². The lowest BCUT2D eigenvalue weighted by Crippen LogP contribution is -2.20. The summed E-state index contributed by atoms with van der Waals surface area (Å²) in [5, 5.41) is 24.4. The van der Waals surface area contributed by atoms with Crippen molar-refractivity contribution in [3.63, 3.8) is 0 Å². The highest BCUT2D eigenvalue weighted by Gasteiger charge is 2.13. The largest absolute Gasteiger partial charge is 0.508 e. The maximum absolute atomic E-state index is 12.2. The molecule has 1 amide bonds. The van der Waals surface area contributed by atoms with E-state index in [9.17, 15) is 15.0 Å². The van der Waals surface area contributed by atoms with Gasteiger partial charge >= 0.3 is 0 Å². The minimum atomic E-state index is -0.505. The molecular weight excluding hydrogens is 386 g/mol. The minimum Gasteiger partial charge on any atom is -0.508 e. The molecule has 3 aromatic rings. The van der Waals surface area contributed by atoms with Gasteiger partial charge in [-0.2, -0.15) is 5.10 Å². The quantitative estimate of drug-likeness (QED) is 0.463. The van der Waals surface area contributed by atoms with Crippen molar-refractivity contribution >= 4 is 38.5 Å². The van der Waals surface area contributed by atoms with E-state index in [4.69, 9.17) is 0 Å². The van der Waals surface area contributed by atoms with E-state index in [0.29, 0.717) is 10.2 Å². The predicted molar refractivity (Wildman–Crippen MR) is 100 cm³/mol. The van der Waals surface area contributed by atoms with Crippen LogP contribution in [0.15, 0.2) is 52.0 Å². The van der Waals surface area contributed by atoms with E-state index >= 15 is 0 Å². The number of benzene rings is 2. The number of halogens is 1. The summed E-state index contributed by atoms with van der Waals surface area (Å²) in [6, 6.07) is 11.6. The van der Waals surface area contributed by atoms with Crippen LogP contribution in [-0.4, -0.2) is 26.4 Å². The maximum atomic E-state index is 12.2. The van der Waals surface area contributed by atoms with Gasteiger partial charge in [0.25, 0.3) is 5.91 Å². The van der Waals surface area contributed by atoms with Crippen LogP contribution in [0.5, 0.6) is 11.5 Å². The molecule has 0 saturated carbocycles. The zero-order valence-electron chi connectivity index (χ0n) is 13.6. The molecule has 0 saturated heterocycles. The van der Waals surface area contributed by atoms with Crippen molar-refractivity contribution in [3.8, 4) is 11.5 Å². The molecule has 2 aromatic carbocycles. The van der Waals surface area contributed by atoms with Crippen molar-refractivity contribution in [1.29, 1.82) is 0 Å². The molecule has 0 atom stereocenters. The summed E-state index contributed by atoms with van der Waals surface area (Å²) in [6.07, 6.45) is 0. The molecule has 0 aliphatic carbocycles. The van der Waals surface area contributed by atoms with Gasteiger partial charge in [0.15, 0.2) is 0 Å². The van der Waals surface area contributed by atoms with Crippen molar-refractivity contribution in [2.24, 2.45) is 12.1 Å². The van der Waals surface area contributed by atoms with Gasteiger partial charge in [0.1, 0.15) is 11.5 Å². The number of amides is 1. The van der Waals surface area contributed by atoms with Crippen LogP contribution in [0, 0.1) is 0 Å². The Bertz CT molecular complexity index is 1010. The van der Waals surface area contributed by atoms with Crippen molar-refractivity contribution < 1.29 is 15.0 Å². The molecule has 1 heterocycles. The molecule has 0 radical (unpaired) electrons. The van der Waals surface area contributed by atoms with Crippen LogP contribution in [0.2, 0.25) is 0 Å². The summed E-state index contributed by atoms with van der Waals surface area (Å²) in [5.41, 5.74) is 4.93. The fourth-order valence-corrected chi connectivity index (χ4v) is 2.99. The second-order valence-corrected chi connectivity index (χ2v) is 6.55. The van der Waals surface area contributed by atoms with E-state index in [-0.39, 0.29) is 17.1 Å². The second kappa shape index (κ2) is 6.60. The number of hydrazone groups is 1. The van der Waals surface area contributed by atoms with Gasteiger partial charge in [-0.05, 0) is 49.4 Å². The first-order valence-electron chi connectivity index (χ1n) is 7.49. The van der Waals surface area contributed by atoms with Crippen LogP contribution in [0.3, 0.4) is 0 Å². The Morgan fingerprint density at radius 2 is 1.92 bits per heavy atom. The fourth-order valence-electron chi connectivity index (χ4n) is 2.63. The van der Waals surface area contributed by atoms with Crippen LogP contribution in [0.25, 0.3) is 10.9 Å². The van der Waals surface area contributed by atoms with E-state index in [1.165, 1.54) is 12.1 Å². The standard InChI is InChI=1S/C18H16BrN3O3/c1-10(16-8-11-7-13(23)4-5-15(11)22(16)2)20-21-18(25)14-9-12(19)3-6-17(14)24/h3-9,23-24H,1-2H3,(H,21,25)/b20-10+. The molecule has 0 aliphatic heterocycles. The number of rotatable bonds is 3. The van der Waals surface area contributed by atoms with Crippen molar-refractivity contribution in [2.75, 3.05) is 0 Å². The van der Waals surface area contributed by atoms with Gasteiger partial charge in [-0.3, -0.25) is 4.79 Å². The van der Waals surface area contributed by atoms with Crippen molar-refractivity contribution in [3.05, 3.63) is 58.2 Å². The zero-order chi connectivity index (χ0) is 18.1. The topological polar surface area (TPSA) is 86.8 Å². The Hall–Kier alpha value is -2.80. The number of nitrogens with one attached hydrogen (secondary N) is 1. The monoisotopic (exact) mass is 401 g/mol. The summed E-state index contributed by atoms with van der Waals surface area (Å²) in [5.74, 6) is -0.430. The Balaban J connectivity index is 1.88. The third kappa shape index (κ3) is 3.36. The lowest BCUT2D eigenvalue weighted by atomic mass is 10.2. The Kier molecular flexibility index (Phi) is 4.50. The number of aryl methyl sites for hydroxylation is 1. The molecule has 3 rings (SSSR count). The number of nitrogens with zero attached hydrogens (tertiary/aromatic N) is 2. The molecule has 0 spiro atoms. The number of aromatic nitrogens is 1. The molecule has 7 heteroatoms. The highest BCUT2D eigenvalue weighted by Crippen LogP contribution is 2.24. The van der Waals surface area contributed by atoms with E-state index in [1.54, 1.807) is 25.1 Å². The molecule has 128 valence electrons. The molecule has 0 aliphatic rings. The van der Waals surface area contributed by atoms with Crippen LogP contribution in [-0.2, 0) is 7.05 Å². The number of aromatic hydroxyl groups is 2. The van der Waals surface area contributed by atoms with E-state index in [1.807, 2.05) is 23.7 Å². The van der Waals surface area contributed by atoms with Crippen molar-refractivity contribution in [1.82, 2.24) is 9.99 Å². The first-order chi connectivity index (χ1) is 11.9. The third-order valence-electron chi connectivity index (χ3n) is 3.93. The number of carbonyl (C=O) groups is 1. The summed E-state index contributed by atoms with van der Waals surface area (Å²) in [4.78, 5) is 12.2. The summed E-state index contributed by atoms with van der Waals surface area (Å²) >= 11 is 3.27. The lowest BCUT2D eigenvalue weighted by molar-refractivity contribution is 0.0952. The van der Waals surface area contributed by atoms with Crippen LogP contribution >= 0.6 is 15.9 Å². The number of carbonyl (C=O) groups excluding carboxylic acids is 1. The van der Waals surface area contributed by atoms with Crippen LogP contribution in [0.1, 0.15) is 23.0 Å². The van der Waals surface area contributed by atoms with Gasteiger partial charge in [-0.15, -0.1) is 0 Å². The Labute approximate surface area is 152 Å². The molecule has 3 N–H and O–H groups in total. The summed E-state index contributed by atoms with van der Waals surface area (Å²) in [6.45, 7) is 1.77. The van der Waals surface area contributed by atoms with Gasteiger partial charge in [0, 0.05) is 22.4 Å². The number of hydrogen-bond acceptors (Lipinski definition) is 4. The maximum Gasteiger partial charge on any atom is 0.275 e. The number of hydrogen-bond donors (Lipinski definition) is 3. The first-order valence-corrected chi connectivity index (χ1v) is 8.28. The van der Waals surface area contributed by atoms with Gasteiger partial charge < -0.3 is 14.8 Å². The van der Waals surface area contributed by atoms with Gasteiger partial charge in [-0.1, -0.05) is 15.9 Å². The van der Waals surface area contributed by atoms with Gasteiger partial charge in [0.05, 0.1) is 17.0 Å². The summed E-state index contributed by atoms with van der Waals surface area (Å²) < 4.78 is 2.61. The van der Waals surface area contributed by atoms with Crippen molar-refractivity contribution in [2.45, 2.75) is 6.92 Å². The minimum absolute atomic E-state index is 0.117. The zero-order valence-corrected chi connectivity index (χ0v) is 15.2. The van der Waals surface area contributed by atoms with Gasteiger partial charge in [-0.25, -0.2) is 5.43 Å². The average molecular weight is 402 g/mol. The molecule has 0 fully saturated rings. The molecule has 25 heavy (non-hydrogen) atoms. The molecular formula is C18H16BrN3O3. The summed E-state index contributed by atoms with van der Waals surface area (Å²) in [7, 11) is 1.88. The van der Waals surface area contributed by atoms with Crippen LogP contribution < -0.4 is 5.43 Å². The molecule has 0 bridgehead atoms. The highest BCUT2D eigenvalue weighted by atomic mass is 79.9. The van der Waals surface area contributed by atoms with Crippen LogP contribution in [0.4, 0.5) is 0 Å². The molecule has 6 nitrogen and oxygen atoms in total. The third-order valence-corrected chi connectivity index (χ3v) is 4.42. The fraction of sp³-hybridized carbons (Fsp3) is 0.111. The Morgan fingerprint density at radius 3 is 2.68 bits per heavy atom. The SMILES string of the molecule is C/C(=N\NC(=O)c1cc(Br)ccc1O)c1cc2cc(O)ccc2n1C. The first kappa shape index (κ1) is 17.0. The molecule has 1 aromatic heterocycles. The lowest BCUT2D eigenvalue weighted by Gasteiger charge is -2.06. The van der Waals surface area contributed by atoms with E-state index in [0.717, 1.165) is 16.6 Å².